The van der Waals surface area contributed by atoms with Crippen molar-refractivity contribution in [1.82, 2.24) is 5.32 Å². The molecule has 0 atom stereocenters. The molecule has 4 rings (SSSR count). The third-order valence-electron chi connectivity index (χ3n) is 5.70. The number of ether oxygens (including phenoxy) is 1. The van der Waals surface area contributed by atoms with Crippen LogP contribution in [0.5, 0.6) is 0 Å². The van der Waals surface area contributed by atoms with Crippen molar-refractivity contribution in [3.05, 3.63) is 0 Å². The number of nitrogens with one attached hydrogen (secondary N) is 1. The summed E-state index contributed by atoms with van der Waals surface area (Å²) in [5, 5.41) is 3.21. The Morgan fingerprint density at radius 2 is 1.71 bits per heavy atom. The summed E-state index contributed by atoms with van der Waals surface area (Å²) < 4.78 is 4.83. The van der Waals surface area contributed by atoms with Crippen LogP contribution in [0, 0.1) is 23.7 Å². The quantitative estimate of drug-likeness (QED) is 0.802. The first kappa shape index (κ1) is 11.4. The molecule has 4 aliphatic rings. The van der Waals surface area contributed by atoms with Gasteiger partial charge < -0.3 is 10.1 Å². The molecular formula is C14H23NO2. The molecule has 4 fully saturated rings. The highest BCUT2D eigenvalue weighted by molar-refractivity contribution is 5.68. The fourth-order valence-electron chi connectivity index (χ4n) is 5.14. The highest BCUT2D eigenvalue weighted by Gasteiger charge is 2.56. The standard InChI is InChI=1S/C14H23NO2/c1-3-14(15-13(16)17-2)11-5-9-4-10(7-11)8-12(14)6-9/h9-12H,3-8H2,1-2H3,(H,15,16). The fourth-order valence-corrected chi connectivity index (χ4v) is 5.14. The molecular weight excluding hydrogens is 214 g/mol. The second-order valence-electron chi connectivity index (χ2n) is 6.31. The molecule has 0 spiro atoms. The first-order valence-corrected chi connectivity index (χ1v) is 7.04. The van der Waals surface area contributed by atoms with E-state index in [9.17, 15) is 4.79 Å². The highest BCUT2D eigenvalue weighted by atomic mass is 16.5. The third kappa shape index (κ3) is 1.58. The largest absolute Gasteiger partial charge is 0.453 e. The van der Waals surface area contributed by atoms with Crippen molar-refractivity contribution in [2.75, 3.05) is 7.11 Å². The maximum Gasteiger partial charge on any atom is 0.407 e. The monoisotopic (exact) mass is 237 g/mol. The van der Waals surface area contributed by atoms with Crippen LogP contribution in [0.2, 0.25) is 0 Å². The fraction of sp³-hybridized carbons (Fsp3) is 0.929. The lowest BCUT2D eigenvalue weighted by atomic mass is 9.48. The summed E-state index contributed by atoms with van der Waals surface area (Å²) in [5.41, 5.74) is 0.0422. The average molecular weight is 237 g/mol. The molecule has 4 saturated carbocycles. The van der Waals surface area contributed by atoms with E-state index in [4.69, 9.17) is 4.74 Å². The van der Waals surface area contributed by atoms with Crippen LogP contribution in [-0.2, 0) is 4.74 Å². The number of methoxy groups -OCH3 is 1. The van der Waals surface area contributed by atoms with Crippen LogP contribution in [-0.4, -0.2) is 18.7 Å². The Balaban J connectivity index is 1.86. The Hall–Kier alpha value is -0.730. The zero-order valence-electron chi connectivity index (χ0n) is 10.9. The summed E-state index contributed by atoms with van der Waals surface area (Å²) in [6.07, 6.45) is 7.56. The molecule has 3 nitrogen and oxygen atoms in total. The van der Waals surface area contributed by atoms with Gasteiger partial charge in [-0.2, -0.15) is 0 Å². The summed E-state index contributed by atoms with van der Waals surface area (Å²) in [4.78, 5) is 11.6. The second-order valence-corrected chi connectivity index (χ2v) is 6.31. The molecule has 1 N–H and O–H groups in total. The van der Waals surface area contributed by atoms with Crippen molar-refractivity contribution in [2.45, 2.75) is 51.0 Å². The summed E-state index contributed by atoms with van der Waals surface area (Å²) in [5.74, 6) is 3.28. The summed E-state index contributed by atoms with van der Waals surface area (Å²) in [7, 11) is 1.47. The molecule has 0 unspecified atom stereocenters. The van der Waals surface area contributed by atoms with E-state index in [1.165, 1.54) is 39.2 Å². The third-order valence-corrected chi connectivity index (χ3v) is 5.70. The van der Waals surface area contributed by atoms with Gasteiger partial charge in [-0.05, 0) is 62.2 Å². The minimum Gasteiger partial charge on any atom is -0.453 e. The number of carbonyl (C=O) groups excluding carboxylic acids is 1. The van der Waals surface area contributed by atoms with Gasteiger partial charge >= 0.3 is 6.09 Å². The zero-order chi connectivity index (χ0) is 12.0. The lowest BCUT2D eigenvalue weighted by Crippen LogP contribution is -2.65. The van der Waals surface area contributed by atoms with Gasteiger partial charge in [0.1, 0.15) is 0 Å². The molecule has 1 amide bonds. The van der Waals surface area contributed by atoms with E-state index in [2.05, 4.69) is 12.2 Å². The molecule has 0 aromatic carbocycles. The van der Waals surface area contributed by atoms with Crippen molar-refractivity contribution in [3.8, 4) is 0 Å². The Morgan fingerprint density at radius 3 is 2.12 bits per heavy atom. The Kier molecular flexibility index (Phi) is 2.60. The van der Waals surface area contributed by atoms with Gasteiger partial charge in [0.2, 0.25) is 0 Å². The highest BCUT2D eigenvalue weighted by Crippen LogP contribution is 2.59. The zero-order valence-corrected chi connectivity index (χ0v) is 10.9. The Bertz CT molecular complexity index is 298. The van der Waals surface area contributed by atoms with Crippen LogP contribution in [0.3, 0.4) is 0 Å². The number of carbonyl (C=O) groups is 1. The van der Waals surface area contributed by atoms with Crippen molar-refractivity contribution in [1.29, 1.82) is 0 Å². The summed E-state index contributed by atoms with van der Waals surface area (Å²) >= 11 is 0. The van der Waals surface area contributed by atoms with Crippen molar-refractivity contribution in [2.24, 2.45) is 23.7 Å². The van der Waals surface area contributed by atoms with Gasteiger partial charge in [-0.3, -0.25) is 0 Å². The van der Waals surface area contributed by atoms with E-state index in [0.29, 0.717) is 11.8 Å². The second kappa shape index (κ2) is 3.89. The van der Waals surface area contributed by atoms with Gasteiger partial charge in [-0.25, -0.2) is 4.79 Å². The van der Waals surface area contributed by atoms with Gasteiger partial charge in [0.15, 0.2) is 0 Å². The number of hydrogen-bond acceptors (Lipinski definition) is 2. The normalized spacial score (nSPS) is 46.9. The smallest absolute Gasteiger partial charge is 0.407 e. The number of amides is 1. The first-order chi connectivity index (χ1) is 8.18. The van der Waals surface area contributed by atoms with Crippen LogP contribution >= 0.6 is 0 Å². The molecule has 0 saturated heterocycles. The Labute approximate surface area is 103 Å². The van der Waals surface area contributed by atoms with Crippen molar-refractivity contribution < 1.29 is 9.53 Å². The van der Waals surface area contributed by atoms with Gasteiger partial charge in [0.25, 0.3) is 0 Å². The minimum absolute atomic E-state index is 0.0422. The number of alkyl carbamates (subject to hydrolysis) is 1. The lowest BCUT2D eigenvalue weighted by molar-refractivity contribution is -0.0725. The van der Waals surface area contributed by atoms with Crippen LogP contribution in [0.15, 0.2) is 0 Å². The van der Waals surface area contributed by atoms with E-state index in [1.807, 2.05) is 0 Å². The molecule has 0 heterocycles. The molecule has 4 aliphatic carbocycles. The average Bonchev–Trinajstić information content (AvgIpc) is 2.33. The molecule has 0 aliphatic heterocycles. The summed E-state index contributed by atoms with van der Waals surface area (Å²) in [6.45, 7) is 2.22. The molecule has 96 valence electrons. The molecule has 0 aromatic rings. The van der Waals surface area contributed by atoms with Gasteiger partial charge in [-0.1, -0.05) is 6.92 Å². The van der Waals surface area contributed by atoms with Crippen LogP contribution < -0.4 is 5.32 Å². The Morgan fingerprint density at radius 1 is 1.18 bits per heavy atom. The molecule has 3 heteroatoms. The van der Waals surface area contributed by atoms with E-state index in [-0.39, 0.29) is 11.6 Å². The van der Waals surface area contributed by atoms with E-state index in [0.717, 1.165) is 18.3 Å². The lowest BCUT2D eigenvalue weighted by Gasteiger charge is -2.61. The van der Waals surface area contributed by atoms with E-state index in [1.54, 1.807) is 0 Å². The molecule has 0 aromatic heterocycles. The van der Waals surface area contributed by atoms with E-state index < -0.39 is 0 Å². The van der Waals surface area contributed by atoms with Crippen molar-refractivity contribution >= 4 is 6.09 Å². The van der Waals surface area contributed by atoms with Crippen LogP contribution in [0.1, 0.15) is 45.4 Å². The van der Waals surface area contributed by atoms with E-state index >= 15 is 0 Å². The number of rotatable bonds is 2. The number of hydrogen-bond donors (Lipinski definition) is 1. The maximum atomic E-state index is 11.6. The van der Waals surface area contributed by atoms with Gasteiger partial charge in [0, 0.05) is 5.54 Å². The van der Waals surface area contributed by atoms with Gasteiger partial charge in [0.05, 0.1) is 7.11 Å². The molecule has 17 heavy (non-hydrogen) atoms. The minimum atomic E-state index is -0.237. The molecule has 0 radical (unpaired) electrons. The first-order valence-electron chi connectivity index (χ1n) is 7.04. The maximum absolute atomic E-state index is 11.6. The predicted molar refractivity (Wildman–Crippen MR) is 65.6 cm³/mol. The predicted octanol–water partition coefficient (Wildman–Crippen LogP) is 2.95. The van der Waals surface area contributed by atoms with Crippen LogP contribution in [0.25, 0.3) is 0 Å². The SMILES string of the molecule is CCC1(NC(=O)OC)C2CC3CC(C2)CC1C3. The summed E-state index contributed by atoms with van der Waals surface area (Å²) in [6, 6.07) is 0. The van der Waals surface area contributed by atoms with Gasteiger partial charge in [-0.15, -0.1) is 0 Å². The van der Waals surface area contributed by atoms with Crippen molar-refractivity contribution in [3.63, 3.8) is 0 Å². The molecule has 4 bridgehead atoms. The van der Waals surface area contributed by atoms with Crippen LogP contribution in [0.4, 0.5) is 4.79 Å². The topological polar surface area (TPSA) is 38.3 Å².